The molecule has 128 valence electrons. The molecule has 0 amide bonds. The Balaban J connectivity index is 2.43. The molecule has 0 bridgehead atoms. The lowest BCUT2D eigenvalue weighted by atomic mass is 9.92. The number of halogens is 1. The van der Waals surface area contributed by atoms with Crippen LogP contribution in [0.3, 0.4) is 0 Å². The van der Waals surface area contributed by atoms with Crippen LogP contribution in [0, 0.1) is 5.92 Å². The van der Waals surface area contributed by atoms with E-state index in [-0.39, 0.29) is 18.8 Å². The second kappa shape index (κ2) is 9.94. The Labute approximate surface area is 135 Å². The standard InChI is InChI=1S/C17H24FNO4/c1-12(20)16(19)11-14(17(21)22)4-2-3-13-5-7-15(8-6-13)23-10-9-18/h5-8,14,16H,2-4,9-11,19H2,1H3,(H,21,22)/t14-,16-/m0/s1/i18-1. The van der Waals surface area contributed by atoms with Gasteiger partial charge in [-0.25, -0.2) is 4.39 Å². The fourth-order valence-electron chi connectivity index (χ4n) is 2.28. The van der Waals surface area contributed by atoms with Gasteiger partial charge in [0.15, 0.2) is 0 Å². The lowest BCUT2D eigenvalue weighted by molar-refractivity contribution is -0.142. The van der Waals surface area contributed by atoms with Crippen molar-refractivity contribution < 1.29 is 23.8 Å². The summed E-state index contributed by atoms with van der Waals surface area (Å²) in [6.45, 7) is 0.882. The minimum atomic E-state index is -0.920. The molecule has 0 fully saturated rings. The van der Waals surface area contributed by atoms with Crippen LogP contribution in [0.5, 0.6) is 5.75 Å². The highest BCUT2D eigenvalue weighted by atomic mass is 18.2. The Bertz CT molecular complexity index is 504. The van der Waals surface area contributed by atoms with Crippen LogP contribution in [0.2, 0.25) is 0 Å². The second-order valence-electron chi connectivity index (χ2n) is 5.56. The number of carboxylic acids is 1. The van der Waals surface area contributed by atoms with Crippen molar-refractivity contribution >= 4 is 11.8 Å². The van der Waals surface area contributed by atoms with Crippen molar-refractivity contribution in [2.75, 3.05) is 13.3 Å². The summed E-state index contributed by atoms with van der Waals surface area (Å²) in [7, 11) is 0. The molecular weight excluding hydrogens is 300 g/mol. The number of ketones is 1. The normalized spacial score (nSPS) is 13.3. The van der Waals surface area contributed by atoms with E-state index < -0.39 is 24.6 Å². The maximum Gasteiger partial charge on any atom is 0.306 e. The first kappa shape index (κ1) is 19.1. The van der Waals surface area contributed by atoms with E-state index in [9.17, 15) is 19.1 Å². The topological polar surface area (TPSA) is 89.6 Å². The molecule has 1 aromatic rings. The summed E-state index contributed by atoms with van der Waals surface area (Å²) in [6, 6.07) is 6.58. The fraction of sp³-hybridized carbons (Fsp3) is 0.529. The van der Waals surface area contributed by atoms with E-state index >= 15 is 0 Å². The number of hydrogen-bond donors (Lipinski definition) is 2. The third-order valence-electron chi connectivity index (χ3n) is 3.70. The number of hydrogen-bond acceptors (Lipinski definition) is 4. The van der Waals surface area contributed by atoms with Crippen LogP contribution in [-0.4, -0.2) is 36.2 Å². The molecule has 6 heteroatoms. The summed E-state index contributed by atoms with van der Waals surface area (Å²) in [6.07, 6.45) is 2.05. The Morgan fingerprint density at radius 3 is 2.48 bits per heavy atom. The lowest BCUT2D eigenvalue weighted by Crippen LogP contribution is -2.33. The van der Waals surface area contributed by atoms with Crippen LogP contribution in [0.4, 0.5) is 4.39 Å². The summed E-state index contributed by atoms with van der Waals surface area (Å²) >= 11 is 0. The Kier molecular flexibility index (Phi) is 8.26. The molecule has 1 aromatic carbocycles. The van der Waals surface area contributed by atoms with Gasteiger partial charge < -0.3 is 15.6 Å². The average molecular weight is 324 g/mol. The molecule has 5 nitrogen and oxygen atoms in total. The molecule has 0 unspecified atom stereocenters. The molecule has 0 aliphatic carbocycles. The number of rotatable bonds is 11. The number of nitrogens with two attached hydrogens (primary N) is 1. The number of ether oxygens (including phenoxy) is 1. The Hall–Kier alpha value is -1.95. The van der Waals surface area contributed by atoms with E-state index in [1.54, 1.807) is 12.1 Å². The lowest BCUT2D eigenvalue weighted by Gasteiger charge is -2.15. The van der Waals surface area contributed by atoms with Gasteiger partial charge in [0.1, 0.15) is 24.8 Å². The molecular formula is C17H24FNO4. The third kappa shape index (κ3) is 7.23. The van der Waals surface area contributed by atoms with E-state index in [0.717, 1.165) is 12.0 Å². The molecule has 2 atom stereocenters. The van der Waals surface area contributed by atoms with Crippen molar-refractivity contribution in [3.05, 3.63) is 29.8 Å². The zero-order valence-electron chi connectivity index (χ0n) is 13.3. The van der Waals surface area contributed by atoms with Gasteiger partial charge in [-0.15, -0.1) is 0 Å². The van der Waals surface area contributed by atoms with Crippen LogP contribution in [-0.2, 0) is 16.0 Å². The number of aliphatic carboxylic acids is 1. The van der Waals surface area contributed by atoms with Crippen molar-refractivity contribution in [1.82, 2.24) is 0 Å². The predicted molar refractivity (Wildman–Crippen MR) is 85.2 cm³/mol. The highest BCUT2D eigenvalue weighted by molar-refractivity contribution is 5.82. The predicted octanol–water partition coefficient (Wildman–Crippen LogP) is 2.36. The average Bonchev–Trinajstić information content (AvgIpc) is 2.52. The SMILES string of the molecule is CC(=O)[C@@H](N)C[C@H](CCCc1ccc(OCC[18F])cc1)C(=O)O. The van der Waals surface area contributed by atoms with E-state index in [4.69, 9.17) is 10.5 Å². The van der Waals surface area contributed by atoms with E-state index in [0.29, 0.717) is 18.6 Å². The molecule has 0 saturated carbocycles. The van der Waals surface area contributed by atoms with Crippen LogP contribution >= 0.6 is 0 Å². The summed E-state index contributed by atoms with van der Waals surface area (Å²) in [5.41, 5.74) is 6.69. The molecule has 0 aliphatic heterocycles. The maximum absolute atomic E-state index is 12.0. The highest BCUT2D eigenvalue weighted by Crippen LogP contribution is 2.18. The van der Waals surface area contributed by atoms with Gasteiger partial charge in [0, 0.05) is 0 Å². The number of carboxylic acid groups (broad SMARTS) is 1. The van der Waals surface area contributed by atoms with Crippen molar-refractivity contribution in [3.63, 3.8) is 0 Å². The molecule has 0 heterocycles. The van der Waals surface area contributed by atoms with Crippen LogP contribution in [0.25, 0.3) is 0 Å². The van der Waals surface area contributed by atoms with Crippen molar-refractivity contribution in [1.29, 1.82) is 0 Å². The van der Waals surface area contributed by atoms with E-state index in [1.165, 1.54) is 6.92 Å². The van der Waals surface area contributed by atoms with Crippen molar-refractivity contribution in [2.45, 2.75) is 38.6 Å². The first-order chi connectivity index (χ1) is 10.9. The van der Waals surface area contributed by atoms with E-state index in [1.807, 2.05) is 12.1 Å². The largest absolute Gasteiger partial charge is 0.491 e. The molecule has 1 rings (SSSR count). The number of benzene rings is 1. The number of Topliss-reactive ketones (excluding diaryl/α,β-unsaturated/α-hetero) is 1. The zero-order valence-corrected chi connectivity index (χ0v) is 13.3. The first-order valence-electron chi connectivity index (χ1n) is 7.70. The van der Waals surface area contributed by atoms with Gasteiger partial charge >= 0.3 is 5.97 Å². The smallest absolute Gasteiger partial charge is 0.306 e. The Morgan fingerprint density at radius 1 is 1.30 bits per heavy atom. The third-order valence-corrected chi connectivity index (χ3v) is 3.70. The first-order valence-corrected chi connectivity index (χ1v) is 7.70. The molecule has 0 saturated heterocycles. The maximum atomic E-state index is 12.0. The van der Waals surface area contributed by atoms with Crippen LogP contribution < -0.4 is 10.5 Å². The van der Waals surface area contributed by atoms with Gasteiger partial charge in [-0.2, -0.15) is 0 Å². The van der Waals surface area contributed by atoms with Gasteiger partial charge in [-0.3, -0.25) is 9.59 Å². The minimum absolute atomic E-state index is 0.0377. The Morgan fingerprint density at radius 2 is 1.96 bits per heavy atom. The molecule has 0 aromatic heterocycles. The summed E-state index contributed by atoms with van der Waals surface area (Å²) in [4.78, 5) is 22.4. The number of carbonyl (C=O) groups excluding carboxylic acids is 1. The van der Waals surface area contributed by atoms with Gasteiger partial charge in [-0.1, -0.05) is 12.1 Å². The van der Waals surface area contributed by atoms with Crippen LogP contribution in [0.1, 0.15) is 31.7 Å². The summed E-state index contributed by atoms with van der Waals surface area (Å²) in [5.74, 6) is -1.11. The summed E-state index contributed by atoms with van der Waals surface area (Å²) < 4.78 is 17.2. The molecule has 3 N–H and O–H groups in total. The molecule has 23 heavy (non-hydrogen) atoms. The van der Waals surface area contributed by atoms with Crippen molar-refractivity contribution in [3.8, 4) is 5.75 Å². The monoisotopic (exact) mass is 324 g/mol. The summed E-state index contributed by atoms with van der Waals surface area (Å²) in [5, 5.41) is 9.21. The molecule has 0 radical (unpaired) electrons. The highest BCUT2D eigenvalue weighted by Gasteiger charge is 2.22. The quantitative estimate of drug-likeness (QED) is 0.652. The van der Waals surface area contributed by atoms with Gasteiger partial charge in [0.25, 0.3) is 0 Å². The van der Waals surface area contributed by atoms with Gasteiger partial charge in [0.2, 0.25) is 0 Å². The van der Waals surface area contributed by atoms with Crippen LogP contribution in [0.15, 0.2) is 24.3 Å². The number of alkyl halides is 1. The van der Waals surface area contributed by atoms with Gasteiger partial charge in [0.05, 0.1) is 12.0 Å². The van der Waals surface area contributed by atoms with Gasteiger partial charge in [-0.05, 0) is 50.3 Å². The molecule has 0 aliphatic rings. The minimum Gasteiger partial charge on any atom is -0.491 e. The zero-order chi connectivity index (χ0) is 17.2. The second-order valence-corrected chi connectivity index (χ2v) is 5.56. The number of aryl methyl sites for hydroxylation is 1. The van der Waals surface area contributed by atoms with E-state index in [2.05, 4.69) is 0 Å². The van der Waals surface area contributed by atoms with Crippen molar-refractivity contribution in [2.24, 2.45) is 11.7 Å². The number of carbonyl (C=O) groups is 2. The fourth-order valence-corrected chi connectivity index (χ4v) is 2.28. The molecule has 0 spiro atoms.